The number of aromatic nitrogens is 2. The molecule has 4 rings (SSSR count). The highest BCUT2D eigenvalue weighted by Gasteiger charge is 2.25. The van der Waals surface area contributed by atoms with Gasteiger partial charge in [-0.25, -0.2) is 0 Å². The van der Waals surface area contributed by atoms with Crippen molar-refractivity contribution < 1.29 is 9.32 Å². The second-order valence-electron chi connectivity index (χ2n) is 7.47. The highest BCUT2D eigenvalue weighted by Crippen LogP contribution is 2.23. The van der Waals surface area contributed by atoms with Gasteiger partial charge in [0.05, 0.1) is 6.54 Å². The molecular formula is C20H26ClN5O2. The van der Waals surface area contributed by atoms with E-state index < -0.39 is 0 Å². The Labute approximate surface area is 170 Å². The number of nitrogens with zero attached hydrogens (tertiary/aromatic N) is 5. The van der Waals surface area contributed by atoms with Gasteiger partial charge in [-0.3, -0.25) is 9.69 Å². The Morgan fingerprint density at radius 1 is 1.04 bits per heavy atom. The van der Waals surface area contributed by atoms with E-state index in [1.165, 1.54) is 12.8 Å². The zero-order chi connectivity index (χ0) is 19.3. The molecule has 0 unspecified atom stereocenters. The number of rotatable bonds is 4. The molecule has 2 saturated heterocycles. The number of likely N-dealkylation sites (tertiary alicyclic amines) is 1. The summed E-state index contributed by atoms with van der Waals surface area (Å²) < 4.78 is 5.45. The van der Waals surface area contributed by atoms with E-state index in [1.807, 2.05) is 29.2 Å². The minimum atomic E-state index is 0.261. The van der Waals surface area contributed by atoms with E-state index in [2.05, 4.69) is 19.9 Å². The van der Waals surface area contributed by atoms with Crippen molar-refractivity contribution in [2.75, 3.05) is 50.7 Å². The SMILES string of the molecule is O=C(CN1CCN(c2nc(-c3cccc(Cl)c3)no2)CC1)N1CCCCCC1. The summed E-state index contributed by atoms with van der Waals surface area (Å²) in [6.07, 6.45) is 4.74. The van der Waals surface area contributed by atoms with Crippen LogP contribution in [0.2, 0.25) is 5.02 Å². The van der Waals surface area contributed by atoms with Gasteiger partial charge in [-0.05, 0) is 25.0 Å². The highest BCUT2D eigenvalue weighted by molar-refractivity contribution is 6.30. The molecule has 0 saturated carbocycles. The van der Waals surface area contributed by atoms with Crippen molar-refractivity contribution >= 4 is 23.5 Å². The molecule has 8 heteroatoms. The zero-order valence-electron chi connectivity index (χ0n) is 16.0. The fourth-order valence-corrected chi connectivity index (χ4v) is 3.99. The summed E-state index contributed by atoms with van der Waals surface area (Å²) in [7, 11) is 0. The summed E-state index contributed by atoms with van der Waals surface area (Å²) in [4.78, 5) is 23.4. The van der Waals surface area contributed by atoms with Gasteiger partial charge < -0.3 is 14.3 Å². The molecule has 0 radical (unpaired) electrons. The third-order valence-electron chi connectivity index (χ3n) is 5.46. The fraction of sp³-hybridized carbons (Fsp3) is 0.550. The molecule has 7 nitrogen and oxygen atoms in total. The molecular weight excluding hydrogens is 378 g/mol. The summed E-state index contributed by atoms with van der Waals surface area (Å²) in [5, 5.41) is 4.72. The summed E-state index contributed by atoms with van der Waals surface area (Å²) in [5.74, 6) is 0.799. The van der Waals surface area contributed by atoms with E-state index in [1.54, 1.807) is 0 Å². The number of halogens is 1. The quantitative estimate of drug-likeness (QED) is 0.782. The molecule has 0 aliphatic carbocycles. The zero-order valence-corrected chi connectivity index (χ0v) is 16.8. The van der Waals surface area contributed by atoms with Crippen LogP contribution in [0.15, 0.2) is 28.8 Å². The molecule has 150 valence electrons. The standard InChI is InChI=1S/C20H26ClN5O2/c21-17-7-5-6-16(14-17)19-22-20(28-23-19)26-12-10-24(11-13-26)15-18(27)25-8-3-1-2-4-9-25/h5-7,14H,1-4,8-13,15H2. The average Bonchev–Trinajstić information content (AvgIpc) is 3.04. The monoisotopic (exact) mass is 403 g/mol. The van der Waals surface area contributed by atoms with E-state index >= 15 is 0 Å². The van der Waals surface area contributed by atoms with E-state index in [4.69, 9.17) is 16.1 Å². The largest absolute Gasteiger partial charge is 0.342 e. The second-order valence-corrected chi connectivity index (χ2v) is 7.91. The van der Waals surface area contributed by atoms with Crippen LogP contribution in [0.3, 0.4) is 0 Å². The van der Waals surface area contributed by atoms with Crippen LogP contribution in [0.5, 0.6) is 0 Å². The Balaban J connectivity index is 1.30. The lowest BCUT2D eigenvalue weighted by atomic mass is 10.2. The molecule has 3 heterocycles. The Morgan fingerprint density at radius 3 is 2.50 bits per heavy atom. The van der Waals surface area contributed by atoms with Crippen LogP contribution in [0, 0.1) is 0 Å². The topological polar surface area (TPSA) is 65.7 Å². The van der Waals surface area contributed by atoms with Crippen molar-refractivity contribution in [3.63, 3.8) is 0 Å². The molecule has 0 N–H and O–H groups in total. The molecule has 28 heavy (non-hydrogen) atoms. The number of carbonyl (C=O) groups excluding carboxylic acids is 1. The van der Waals surface area contributed by atoms with Gasteiger partial charge in [0.15, 0.2) is 0 Å². The molecule has 1 aromatic heterocycles. The summed E-state index contributed by atoms with van der Waals surface area (Å²) in [6, 6.07) is 7.94. The van der Waals surface area contributed by atoms with Crippen LogP contribution in [0.4, 0.5) is 6.01 Å². The number of carbonyl (C=O) groups is 1. The first-order valence-electron chi connectivity index (χ1n) is 10.0. The van der Waals surface area contributed by atoms with E-state index in [0.29, 0.717) is 23.4 Å². The van der Waals surface area contributed by atoms with Crippen LogP contribution in [-0.4, -0.2) is 71.7 Å². The summed E-state index contributed by atoms with van der Waals surface area (Å²) in [5.41, 5.74) is 0.837. The number of hydrogen-bond acceptors (Lipinski definition) is 6. The second kappa shape index (κ2) is 8.92. The Bertz CT molecular complexity index is 795. The molecule has 0 atom stereocenters. The minimum Gasteiger partial charge on any atom is -0.342 e. The van der Waals surface area contributed by atoms with Crippen molar-refractivity contribution in [3.05, 3.63) is 29.3 Å². The molecule has 1 aromatic carbocycles. The normalized spacial score (nSPS) is 18.9. The predicted molar refractivity (Wildman–Crippen MR) is 108 cm³/mol. The molecule has 0 spiro atoms. The summed E-state index contributed by atoms with van der Waals surface area (Å²) in [6.45, 7) is 5.49. The van der Waals surface area contributed by atoms with E-state index in [9.17, 15) is 4.79 Å². The average molecular weight is 404 g/mol. The maximum atomic E-state index is 12.6. The number of anilines is 1. The molecule has 0 bridgehead atoms. The van der Waals surface area contributed by atoms with E-state index in [0.717, 1.165) is 57.7 Å². The van der Waals surface area contributed by atoms with Gasteiger partial charge >= 0.3 is 6.01 Å². The van der Waals surface area contributed by atoms with Crippen LogP contribution < -0.4 is 4.90 Å². The van der Waals surface area contributed by atoms with Crippen LogP contribution in [-0.2, 0) is 4.79 Å². The fourth-order valence-electron chi connectivity index (χ4n) is 3.80. The molecule has 2 aliphatic heterocycles. The lowest BCUT2D eigenvalue weighted by Crippen LogP contribution is -2.50. The number of piperazine rings is 1. The van der Waals surface area contributed by atoms with Crippen molar-refractivity contribution in [2.24, 2.45) is 0 Å². The van der Waals surface area contributed by atoms with Gasteiger partial charge in [0, 0.05) is 49.9 Å². The first-order chi connectivity index (χ1) is 13.7. The van der Waals surface area contributed by atoms with Crippen molar-refractivity contribution in [1.29, 1.82) is 0 Å². The van der Waals surface area contributed by atoms with Crippen LogP contribution >= 0.6 is 11.6 Å². The first-order valence-corrected chi connectivity index (χ1v) is 10.4. The molecule has 1 amide bonds. The first kappa shape index (κ1) is 19.2. The third kappa shape index (κ3) is 4.64. The van der Waals surface area contributed by atoms with Gasteiger partial charge in [0.2, 0.25) is 11.7 Å². The lowest BCUT2D eigenvalue weighted by molar-refractivity contribution is -0.132. The van der Waals surface area contributed by atoms with Crippen molar-refractivity contribution in [1.82, 2.24) is 19.9 Å². The number of benzene rings is 1. The smallest absolute Gasteiger partial charge is 0.324 e. The highest BCUT2D eigenvalue weighted by atomic mass is 35.5. The summed E-state index contributed by atoms with van der Waals surface area (Å²) >= 11 is 6.04. The van der Waals surface area contributed by atoms with Gasteiger partial charge in [-0.2, -0.15) is 4.98 Å². The Kier molecular flexibility index (Phi) is 6.12. The van der Waals surface area contributed by atoms with Gasteiger partial charge in [-0.1, -0.05) is 41.7 Å². The predicted octanol–water partition coefficient (Wildman–Crippen LogP) is 2.91. The third-order valence-corrected chi connectivity index (χ3v) is 5.69. The van der Waals surface area contributed by atoms with Crippen molar-refractivity contribution in [3.8, 4) is 11.4 Å². The van der Waals surface area contributed by atoms with Crippen LogP contribution in [0.25, 0.3) is 11.4 Å². The Morgan fingerprint density at radius 2 is 1.79 bits per heavy atom. The van der Waals surface area contributed by atoms with Gasteiger partial charge in [0.1, 0.15) is 0 Å². The number of hydrogen-bond donors (Lipinski definition) is 0. The van der Waals surface area contributed by atoms with Gasteiger partial charge in [0.25, 0.3) is 0 Å². The van der Waals surface area contributed by atoms with Gasteiger partial charge in [-0.15, -0.1) is 0 Å². The maximum Gasteiger partial charge on any atom is 0.324 e. The molecule has 2 aromatic rings. The molecule has 2 aliphatic rings. The number of amides is 1. The molecule has 2 fully saturated rings. The van der Waals surface area contributed by atoms with E-state index in [-0.39, 0.29) is 5.91 Å². The van der Waals surface area contributed by atoms with Crippen molar-refractivity contribution in [2.45, 2.75) is 25.7 Å². The minimum absolute atomic E-state index is 0.261. The van der Waals surface area contributed by atoms with Crippen LogP contribution in [0.1, 0.15) is 25.7 Å². The lowest BCUT2D eigenvalue weighted by Gasteiger charge is -2.34. The Hall–Kier alpha value is -2.12. The maximum absolute atomic E-state index is 12.6.